The zero-order valence-corrected chi connectivity index (χ0v) is 12.5. The molecule has 0 aliphatic rings. The van der Waals surface area contributed by atoms with E-state index >= 15 is 0 Å². The zero-order chi connectivity index (χ0) is 15.6. The highest BCUT2D eigenvalue weighted by molar-refractivity contribution is 7.89. The van der Waals surface area contributed by atoms with Crippen molar-refractivity contribution in [2.75, 3.05) is 0 Å². The summed E-state index contributed by atoms with van der Waals surface area (Å²) in [6, 6.07) is 5.17. The van der Waals surface area contributed by atoms with Gasteiger partial charge in [-0.25, -0.2) is 17.5 Å². The number of rotatable bonds is 5. The molecule has 2 aromatic rings. The second-order valence-corrected chi connectivity index (χ2v) is 6.36. The van der Waals surface area contributed by atoms with Crippen LogP contribution in [0.25, 0.3) is 0 Å². The summed E-state index contributed by atoms with van der Waals surface area (Å²) in [7, 11) is -3.84. The predicted octanol–water partition coefficient (Wildman–Crippen LogP) is 1.36. The molecule has 0 bridgehead atoms. The second kappa shape index (κ2) is 5.92. The summed E-state index contributed by atoms with van der Waals surface area (Å²) in [6.07, 6.45) is 0. The number of nitrogens with zero attached hydrogens (tertiary/aromatic N) is 1. The van der Waals surface area contributed by atoms with E-state index in [2.05, 4.69) is 14.9 Å². The fourth-order valence-electron chi connectivity index (χ4n) is 2.03. The van der Waals surface area contributed by atoms with E-state index in [1.807, 2.05) is 0 Å². The van der Waals surface area contributed by atoms with Gasteiger partial charge >= 0.3 is 0 Å². The lowest BCUT2D eigenvalue weighted by molar-refractivity contribution is 0.559. The van der Waals surface area contributed by atoms with Crippen LogP contribution in [0, 0.1) is 12.7 Å². The molecular weight excluding hydrogens is 295 g/mol. The third kappa shape index (κ3) is 3.29. The Morgan fingerprint density at radius 2 is 2.19 bits per heavy atom. The molecule has 0 saturated carbocycles. The van der Waals surface area contributed by atoms with Crippen LogP contribution < -0.4 is 10.5 Å². The zero-order valence-electron chi connectivity index (χ0n) is 11.7. The monoisotopic (exact) mass is 312 g/mol. The van der Waals surface area contributed by atoms with E-state index in [1.54, 1.807) is 19.9 Å². The van der Waals surface area contributed by atoms with Crippen molar-refractivity contribution in [3.8, 4) is 0 Å². The van der Waals surface area contributed by atoms with Crippen molar-refractivity contribution in [2.45, 2.75) is 31.5 Å². The van der Waals surface area contributed by atoms with Gasteiger partial charge in [0.25, 0.3) is 10.0 Å². The van der Waals surface area contributed by atoms with Crippen LogP contribution in [0.1, 0.15) is 29.8 Å². The van der Waals surface area contributed by atoms with Crippen LogP contribution in [-0.2, 0) is 16.6 Å². The lowest BCUT2D eigenvalue weighted by atomic mass is 10.1. The van der Waals surface area contributed by atoms with Gasteiger partial charge in [0.2, 0.25) is 0 Å². The second-order valence-electron chi connectivity index (χ2n) is 4.73. The number of nitrogens with two attached hydrogens (primary N) is 1. The van der Waals surface area contributed by atoms with Crippen molar-refractivity contribution in [1.29, 1.82) is 0 Å². The third-order valence-electron chi connectivity index (χ3n) is 3.18. The maximum absolute atomic E-state index is 13.2. The van der Waals surface area contributed by atoms with E-state index in [-0.39, 0.29) is 11.6 Å². The lowest BCUT2D eigenvalue weighted by Crippen LogP contribution is -2.28. The molecule has 1 aromatic carbocycles. The minimum Gasteiger partial charge on any atom is -0.326 e. The number of aromatic nitrogens is 2. The van der Waals surface area contributed by atoms with Gasteiger partial charge in [-0.3, -0.25) is 5.10 Å². The van der Waals surface area contributed by atoms with Crippen molar-refractivity contribution < 1.29 is 12.8 Å². The maximum Gasteiger partial charge on any atom is 0.260 e. The molecule has 0 saturated heterocycles. The van der Waals surface area contributed by atoms with Gasteiger partial charge in [-0.15, -0.1) is 0 Å². The predicted molar refractivity (Wildman–Crippen MR) is 76.4 cm³/mol. The van der Waals surface area contributed by atoms with E-state index < -0.39 is 21.9 Å². The SMILES string of the molecule is Cc1[nH]nc(S(=O)(=O)NC(C)c2cccc(F)c2)c1CN. The van der Waals surface area contributed by atoms with Gasteiger partial charge in [-0.05, 0) is 31.5 Å². The minimum atomic E-state index is -3.84. The lowest BCUT2D eigenvalue weighted by Gasteiger charge is -2.14. The molecule has 21 heavy (non-hydrogen) atoms. The van der Waals surface area contributed by atoms with Gasteiger partial charge < -0.3 is 5.73 Å². The molecule has 1 unspecified atom stereocenters. The van der Waals surface area contributed by atoms with Crippen LogP contribution in [0.4, 0.5) is 4.39 Å². The number of halogens is 1. The summed E-state index contributed by atoms with van der Waals surface area (Å²) in [5.41, 5.74) is 7.13. The molecule has 0 radical (unpaired) electrons. The fourth-order valence-corrected chi connectivity index (χ4v) is 3.46. The van der Waals surface area contributed by atoms with E-state index in [4.69, 9.17) is 5.73 Å². The molecule has 8 heteroatoms. The van der Waals surface area contributed by atoms with Gasteiger partial charge in [0.15, 0.2) is 5.03 Å². The number of sulfonamides is 1. The first-order valence-electron chi connectivity index (χ1n) is 6.37. The number of H-pyrrole nitrogens is 1. The molecule has 0 spiro atoms. The summed E-state index contributed by atoms with van der Waals surface area (Å²) in [5.74, 6) is -0.420. The molecule has 6 nitrogen and oxygen atoms in total. The van der Waals surface area contributed by atoms with E-state index in [9.17, 15) is 12.8 Å². The fraction of sp³-hybridized carbons (Fsp3) is 0.308. The van der Waals surface area contributed by atoms with Crippen LogP contribution in [-0.4, -0.2) is 18.6 Å². The molecule has 0 amide bonds. The van der Waals surface area contributed by atoms with Crippen LogP contribution in [0.5, 0.6) is 0 Å². The van der Waals surface area contributed by atoms with Crippen LogP contribution in [0.3, 0.4) is 0 Å². The number of aromatic amines is 1. The first-order valence-corrected chi connectivity index (χ1v) is 7.85. The highest BCUT2D eigenvalue weighted by atomic mass is 32.2. The summed E-state index contributed by atoms with van der Waals surface area (Å²) in [5, 5.41) is 6.28. The summed E-state index contributed by atoms with van der Waals surface area (Å²) in [6.45, 7) is 3.39. The summed E-state index contributed by atoms with van der Waals surface area (Å²) >= 11 is 0. The molecule has 1 heterocycles. The van der Waals surface area contributed by atoms with E-state index in [0.29, 0.717) is 16.8 Å². The Hall–Kier alpha value is -1.77. The van der Waals surface area contributed by atoms with Gasteiger partial charge in [-0.2, -0.15) is 5.10 Å². The number of aryl methyl sites for hydroxylation is 1. The van der Waals surface area contributed by atoms with Crippen molar-refractivity contribution in [2.24, 2.45) is 5.73 Å². The van der Waals surface area contributed by atoms with Gasteiger partial charge in [-0.1, -0.05) is 12.1 Å². The standard InChI is InChI=1S/C13H17FN4O2S/c1-8(10-4-3-5-11(14)6-10)18-21(19,20)13-12(7-15)9(2)16-17-13/h3-6,8,18H,7,15H2,1-2H3,(H,16,17). The Labute approximate surface area is 122 Å². The Kier molecular flexibility index (Phi) is 4.40. The Morgan fingerprint density at radius 3 is 2.81 bits per heavy atom. The van der Waals surface area contributed by atoms with Crippen molar-refractivity contribution in [3.63, 3.8) is 0 Å². The van der Waals surface area contributed by atoms with Gasteiger partial charge in [0.1, 0.15) is 5.82 Å². The molecule has 0 aliphatic heterocycles. The molecule has 114 valence electrons. The third-order valence-corrected chi connectivity index (χ3v) is 4.69. The number of hydrogen-bond acceptors (Lipinski definition) is 4. The quantitative estimate of drug-likeness (QED) is 0.776. The highest BCUT2D eigenvalue weighted by Crippen LogP contribution is 2.20. The Balaban J connectivity index is 2.29. The molecule has 0 fully saturated rings. The summed E-state index contributed by atoms with van der Waals surface area (Å²) < 4.78 is 40.4. The topological polar surface area (TPSA) is 101 Å². The number of nitrogens with one attached hydrogen (secondary N) is 2. The van der Waals surface area contributed by atoms with Gasteiger partial charge in [0.05, 0.1) is 0 Å². The number of hydrogen-bond donors (Lipinski definition) is 3. The van der Waals surface area contributed by atoms with Crippen LogP contribution in [0.2, 0.25) is 0 Å². The van der Waals surface area contributed by atoms with Crippen molar-refractivity contribution >= 4 is 10.0 Å². The highest BCUT2D eigenvalue weighted by Gasteiger charge is 2.25. The van der Waals surface area contributed by atoms with Gasteiger partial charge in [0, 0.05) is 23.8 Å². The van der Waals surface area contributed by atoms with Crippen LogP contribution in [0.15, 0.2) is 29.3 Å². The average molecular weight is 312 g/mol. The molecule has 2 rings (SSSR count). The first kappa shape index (κ1) is 15.6. The number of benzene rings is 1. The van der Waals surface area contributed by atoms with Crippen molar-refractivity contribution in [3.05, 3.63) is 46.9 Å². The molecule has 1 aromatic heterocycles. The van der Waals surface area contributed by atoms with E-state index in [1.165, 1.54) is 18.2 Å². The maximum atomic E-state index is 13.2. The normalized spacial score (nSPS) is 13.3. The average Bonchev–Trinajstić information content (AvgIpc) is 2.80. The Morgan fingerprint density at radius 1 is 1.48 bits per heavy atom. The summed E-state index contributed by atoms with van der Waals surface area (Å²) in [4.78, 5) is 0. The van der Waals surface area contributed by atoms with E-state index in [0.717, 1.165) is 0 Å². The van der Waals surface area contributed by atoms with Crippen LogP contribution >= 0.6 is 0 Å². The minimum absolute atomic E-state index is 0.0624. The Bertz CT molecular complexity index is 742. The molecule has 0 aliphatic carbocycles. The molecular formula is C13H17FN4O2S. The smallest absolute Gasteiger partial charge is 0.260 e. The first-order chi connectivity index (χ1) is 9.85. The molecule has 1 atom stereocenters. The van der Waals surface area contributed by atoms with Crippen molar-refractivity contribution in [1.82, 2.24) is 14.9 Å². The largest absolute Gasteiger partial charge is 0.326 e. The molecule has 4 N–H and O–H groups in total.